The molecule has 6 aromatic carbocycles. The van der Waals surface area contributed by atoms with Gasteiger partial charge in [0.1, 0.15) is 18.3 Å². The first-order valence-electron chi connectivity index (χ1n) is 19.3. The predicted octanol–water partition coefficient (Wildman–Crippen LogP) is 11.5. The van der Waals surface area contributed by atoms with Gasteiger partial charge in [0, 0.05) is 0 Å². The molecule has 55 heavy (non-hydrogen) atoms. The van der Waals surface area contributed by atoms with E-state index in [0.717, 1.165) is 34.2 Å². The molecule has 0 aliphatic carbocycles. The van der Waals surface area contributed by atoms with Crippen molar-refractivity contribution in [3.63, 3.8) is 0 Å². The van der Waals surface area contributed by atoms with Crippen molar-refractivity contribution in [2.45, 2.75) is 68.6 Å². The van der Waals surface area contributed by atoms with E-state index in [1.165, 1.54) is 16.7 Å². The summed E-state index contributed by atoms with van der Waals surface area (Å²) in [6, 6.07) is 59.2. The van der Waals surface area contributed by atoms with Crippen LogP contribution in [0.5, 0.6) is 0 Å². The lowest BCUT2D eigenvalue weighted by atomic mass is 9.95. The maximum atomic E-state index is 7.05. The van der Waals surface area contributed by atoms with Crippen LogP contribution in [0.25, 0.3) is 12.2 Å². The van der Waals surface area contributed by atoms with Crippen LogP contribution in [-0.2, 0) is 51.8 Å². The summed E-state index contributed by atoms with van der Waals surface area (Å²) in [6.07, 6.45) is 4.41. The topological polar surface area (TPSA) is 36.9 Å². The Morgan fingerprint density at radius 3 is 1.49 bits per heavy atom. The van der Waals surface area contributed by atoms with E-state index in [9.17, 15) is 0 Å². The molecule has 6 aromatic rings. The van der Waals surface area contributed by atoms with Crippen LogP contribution in [0.1, 0.15) is 56.7 Å². The highest BCUT2D eigenvalue weighted by Gasteiger charge is 2.48. The minimum absolute atomic E-state index is 0.0361. The molecule has 1 fully saturated rings. The van der Waals surface area contributed by atoms with Crippen LogP contribution in [0.4, 0.5) is 0 Å². The third kappa shape index (κ3) is 11.2. The summed E-state index contributed by atoms with van der Waals surface area (Å²) < 4.78 is 27.6. The second kappa shape index (κ2) is 20.2. The molecule has 0 N–H and O–H groups in total. The zero-order valence-electron chi connectivity index (χ0n) is 31.5. The second-order valence-electron chi connectivity index (χ2n) is 14.0. The maximum Gasteiger partial charge on any atom is 0.113 e. The number of thioether (sulfide) groups is 1. The van der Waals surface area contributed by atoms with Crippen molar-refractivity contribution < 1.29 is 18.9 Å². The average molecular weight is 747 g/mol. The molecule has 5 heteroatoms. The van der Waals surface area contributed by atoms with Crippen LogP contribution in [0.3, 0.4) is 0 Å². The van der Waals surface area contributed by atoms with Gasteiger partial charge in [-0.2, -0.15) is 0 Å². The summed E-state index contributed by atoms with van der Waals surface area (Å²) in [7, 11) is 0. The molecule has 0 spiro atoms. The van der Waals surface area contributed by atoms with Gasteiger partial charge >= 0.3 is 0 Å². The van der Waals surface area contributed by atoms with Crippen molar-refractivity contribution in [3.8, 4) is 0 Å². The van der Waals surface area contributed by atoms with Gasteiger partial charge in [-0.25, -0.2) is 0 Å². The largest absolute Gasteiger partial charge is 0.376 e. The van der Waals surface area contributed by atoms with Gasteiger partial charge in [-0.05, 0) is 50.9 Å². The first-order valence-corrected chi connectivity index (χ1v) is 20.3. The average Bonchev–Trinajstić information content (AvgIpc) is 3.25. The first-order chi connectivity index (χ1) is 27.2. The number of ether oxygens (including phenoxy) is 4. The lowest BCUT2D eigenvalue weighted by Crippen LogP contribution is -2.54. The Hall–Kier alpha value is -4.75. The van der Waals surface area contributed by atoms with E-state index < -0.39 is 0 Å². The Bertz CT molecular complexity index is 2020. The monoisotopic (exact) mass is 746 g/mol. The fourth-order valence-corrected chi connectivity index (χ4v) is 8.59. The molecule has 7 rings (SSSR count). The molecular weight excluding hydrogens is 697 g/mol. The van der Waals surface area contributed by atoms with Crippen molar-refractivity contribution >= 4 is 23.9 Å². The Kier molecular flexibility index (Phi) is 14.2. The van der Waals surface area contributed by atoms with Crippen molar-refractivity contribution in [2.75, 3.05) is 6.61 Å². The highest BCUT2D eigenvalue weighted by Crippen LogP contribution is 2.47. The third-order valence-corrected chi connectivity index (χ3v) is 11.6. The Morgan fingerprint density at radius 2 is 0.945 bits per heavy atom. The van der Waals surface area contributed by atoms with Crippen LogP contribution in [0.15, 0.2) is 170 Å². The zero-order valence-corrected chi connectivity index (χ0v) is 32.3. The summed E-state index contributed by atoms with van der Waals surface area (Å²) in [6.45, 7) is 4.57. The molecule has 1 aliphatic heterocycles. The molecule has 1 heterocycles. The molecule has 280 valence electrons. The number of rotatable bonds is 17. The SMILES string of the molecule is CCc1ccc(/C=C/c2cccc([C@@H]3S[C@H](COCc4ccccc4)[C@@H](OCc4ccccc4)C(OCc4ccccc4)[C@H]3OCc3ccccc3)c2)cc1. The quantitative estimate of drug-likeness (QED) is 0.0869. The minimum Gasteiger partial charge on any atom is -0.376 e. The lowest BCUT2D eigenvalue weighted by Gasteiger charge is -2.46. The minimum atomic E-state index is -0.388. The van der Waals surface area contributed by atoms with Crippen LogP contribution < -0.4 is 0 Å². The van der Waals surface area contributed by atoms with Gasteiger partial charge in [0.15, 0.2) is 0 Å². The molecule has 1 aliphatic rings. The van der Waals surface area contributed by atoms with Crippen molar-refractivity contribution in [1.29, 1.82) is 0 Å². The fraction of sp³-hybridized carbons (Fsp3) is 0.240. The van der Waals surface area contributed by atoms with Crippen LogP contribution in [0.2, 0.25) is 0 Å². The maximum absolute atomic E-state index is 7.05. The number of benzene rings is 6. The van der Waals surface area contributed by atoms with Gasteiger partial charge in [0.05, 0.1) is 43.5 Å². The molecule has 0 aromatic heterocycles. The summed E-state index contributed by atoms with van der Waals surface area (Å²) in [5.74, 6) is 0. The summed E-state index contributed by atoms with van der Waals surface area (Å²) >= 11 is 1.88. The van der Waals surface area contributed by atoms with Gasteiger partial charge in [-0.15, -0.1) is 11.8 Å². The highest BCUT2D eigenvalue weighted by molar-refractivity contribution is 8.00. The summed E-state index contributed by atoms with van der Waals surface area (Å²) in [5, 5.41) is -0.0883. The van der Waals surface area contributed by atoms with Crippen molar-refractivity contribution in [3.05, 3.63) is 214 Å². The molecule has 0 amide bonds. The first kappa shape index (κ1) is 38.5. The molecule has 0 bridgehead atoms. The smallest absolute Gasteiger partial charge is 0.113 e. The molecule has 0 saturated carbocycles. The van der Waals surface area contributed by atoms with Crippen LogP contribution in [0, 0.1) is 0 Å². The summed E-state index contributed by atoms with van der Waals surface area (Å²) in [5.41, 5.74) is 9.34. The van der Waals surface area contributed by atoms with Gasteiger partial charge < -0.3 is 18.9 Å². The number of aryl methyl sites for hydroxylation is 1. The number of hydrogen-bond donors (Lipinski definition) is 0. The molecule has 0 radical (unpaired) electrons. The fourth-order valence-electron chi connectivity index (χ4n) is 6.95. The van der Waals surface area contributed by atoms with Gasteiger partial charge in [0.25, 0.3) is 0 Å². The normalized spacial score (nSPS) is 19.8. The lowest BCUT2D eigenvalue weighted by molar-refractivity contribution is -0.160. The van der Waals surface area contributed by atoms with Gasteiger partial charge in [-0.3, -0.25) is 0 Å². The second-order valence-corrected chi connectivity index (χ2v) is 15.4. The van der Waals surface area contributed by atoms with E-state index in [-0.39, 0.29) is 28.8 Å². The van der Waals surface area contributed by atoms with E-state index in [4.69, 9.17) is 18.9 Å². The molecule has 5 atom stereocenters. The van der Waals surface area contributed by atoms with Crippen LogP contribution in [-0.4, -0.2) is 30.2 Å². The molecule has 4 nitrogen and oxygen atoms in total. The van der Waals surface area contributed by atoms with E-state index in [1.54, 1.807) is 0 Å². The van der Waals surface area contributed by atoms with Gasteiger partial charge in [0.2, 0.25) is 0 Å². The highest BCUT2D eigenvalue weighted by atomic mass is 32.2. The number of hydrogen-bond acceptors (Lipinski definition) is 5. The summed E-state index contributed by atoms with van der Waals surface area (Å²) in [4.78, 5) is 0. The standard InChI is InChI=1S/C50H50O4S/c1-2-38-26-28-39(29-27-38)30-31-40-24-15-25-45(32-40)50-49(54-36-44-22-13-6-14-23-44)48(53-35-43-20-11-5-12-21-43)47(52-34-42-18-9-4-10-19-42)46(55-50)37-51-33-41-16-7-3-8-17-41/h3-32,46-50H,2,33-37H2,1H3/b31-30+/t46-,47-,48?,49-,50+/m1/s1. The van der Waals surface area contributed by atoms with E-state index in [1.807, 2.05) is 36.0 Å². The molecule has 1 saturated heterocycles. The van der Waals surface area contributed by atoms with Crippen molar-refractivity contribution in [2.24, 2.45) is 0 Å². The third-order valence-electron chi connectivity index (χ3n) is 9.98. The predicted molar refractivity (Wildman–Crippen MR) is 226 cm³/mol. The Labute approximate surface area is 331 Å². The van der Waals surface area contributed by atoms with Crippen molar-refractivity contribution in [1.82, 2.24) is 0 Å². The Balaban J connectivity index is 1.24. The van der Waals surface area contributed by atoms with E-state index >= 15 is 0 Å². The van der Waals surface area contributed by atoms with E-state index in [0.29, 0.717) is 33.0 Å². The zero-order chi connectivity index (χ0) is 37.5. The molecule has 1 unspecified atom stereocenters. The van der Waals surface area contributed by atoms with Gasteiger partial charge in [-0.1, -0.05) is 189 Å². The van der Waals surface area contributed by atoms with Crippen LogP contribution >= 0.6 is 11.8 Å². The molecular formula is C50H50O4S. The van der Waals surface area contributed by atoms with E-state index in [2.05, 4.69) is 165 Å². The Morgan fingerprint density at radius 1 is 0.455 bits per heavy atom.